The Morgan fingerprint density at radius 3 is 2.64 bits per heavy atom. The first-order valence-electron chi connectivity index (χ1n) is 4.20. The molecule has 1 aromatic carbocycles. The lowest BCUT2D eigenvalue weighted by molar-refractivity contribution is -0.120. The van der Waals surface area contributed by atoms with E-state index in [0.29, 0.717) is 5.56 Å². The largest absolute Gasteiger partial charge is 0.359 e. The third-order valence-electron chi connectivity index (χ3n) is 2.00. The monoisotopic (exact) mass is 199 g/mol. The molecule has 0 aliphatic rings. The summed E-state index contributed by atoms with van der Waals surface area (Å²) in [6.45, 7) is 1.53. The summed E-state index contributed by atoms with van der Waals surface area (Å²) < 4.78 is 26.4. The Labute approximate surface area is 80.9 Å². The second kappa shape index (κ2) is 4.17. The molecule has 0 aliphatic carbocycles. The SMILES string of the molecule is CNC(=O)Cc1c(F)ccc(C)c1F. The Morgan fingerprint density at radius 2 is 2.07 bits per heavy atom. The maximum absolute atomic E-state index is 13.3. The van der Waals surface area contributed by atoms with Crippen LogP contribution in [0, 0.1) is 18.6 Å². The molecule has 1 rings (SSSR count). The molecule has 0 spiro atoms. The van der Waals surface area contributed by atoms with Gasteiger partial charge in [-0.05, 0) is 18.6 Å². The minimum Gasteiger partial charge on any atom is -0.359 e. The van der Waals surface area contributed by atoms with Gasteiger partial charge in [0.25, 0.3) is 0 Å². The molecule has 14 heavy (non-hydrogen) atoms. The van der Waals surface area contributed by atoms with Gasteiger partial charge in [0.1, 0.15) is 11.6 Å². The highest BCUT2D eigenvalue weighted by molar-refractivity contribution is 5.78. The first kappa shape index (κ1) is 10.6. The van der Waals surface area contributed by atoms with Crippen molar-refractivity contribution in [1.82, 2.24) is 5.32 Å². The Bertz CT molecular complexity index is 363. The maximum atomic E-state index is 13.3. The van der Waals surface area contributed by atoms with Gasteiger partial charge >= 0.3 is 0 Å². The lowest BCUT2D eigenvalue weighted by Crippen LogP contribution is -2.21. The minimum absolute atomic E-state index is 0.177. The van der Waals surface area contributed by atoms with E-state index in [0.717, 1.165) is 6.07 Å². The second-order valence-electron chi connectivity index (χ2n) is 3.01. The molecule has 0 unspecified atom stereocenters. The van der Waals surface area contributed by atoms with Gasteiger partial charge in [-0.25, -0.2) is 8.78 Å². The summed E-state index contributed by atoms with van der Waals surface area (Å²) in [5, 5.41) is 2.32. The molecule has 0 saturated heterocycles. The molecule has 1 aromatic rings. The summed E-state index contributed by atoms with van der Waals surface area (Å²) >= 11 is 0. The molecule has 0 saturated carbocycles. The van der Waals surface area contributed by atoms with Gasteiger partial charge in [-0.3, -0.25) is 4.79 Å². The van der Waals surface area contributed by atoms with E-state index < -0.39 is 17.5 Å². The Balaban J connectivity index is 3.06. The summed E-state index contributed by atoms with van der Waals surface area (Å²) in [6, 6.07) is 2.51. The van der Waals surface area contributed by atoms with Crippen LogP contribution in [0.15, 0.2) is 12.1 Å². The van der Waals surface area contributed by atoms with E-state index in [2.05, 4.69) is 5.32 Å². The molecule has 0 aliphatic heterocycles. The molecular formula is C10H11F2NO. The van der Waals surface area contributed by atoms with Crippen molar-refractivity contribution in [3.63, 3.8) is 0 Å². The van der Waals surface area contributed by atoms with Crippen molar-refractivity contribution in [1.29, 1.82) is 0 Å². The number of likely N-dealkylation sites (N-methyl/N-ethyl adjacent to an activating group) is 1. The van der Waals surface area contributed by atoms with Gasteiger partial charge in [-0.15, -0.1) is 0 Å². The van der Waals surface area contributed by atoms with E-state index >= 15 is 0 Å². The van der Waals surface area contributed by atoms with Crippen molar-refractivity contribution in [3.8, 4) is 0 Å². The Hall–Kier alpha value is -1.45. The van der Waals surface area contributed by atoms with E-state index in [4.69, 9.17) is 0 Å². The summed E-state index contributed by atoms with van der Waals surface area (Å²) in [4.78, 5) is 11.0. The number of nitrogens with one attached hydrogen (secondary N) is 1. The normalized spacial score (nSPS) is 10.0. The van der Waals surface area contributed by atoms with Crippen molar-refractivity contribution in [2.45, 2.75) is 13.3 Å². The highest BCUT2D eigenvalue weighted by Crippen LogP contribution is 2.16. The van der Waals surface area contributed by atoms with Crippen molar-refractivity contribution in [2.24, 2.45) is 0 Å². The molecule has 0 aromatic heterocycles. The Kier molecular flexibility index (Phi) is 3.17. The lowest BCUT2D eigenvalue weighted by atomic mass is 10.1. The average molecular weight is 199 g/mol. The van der Waals surface area contributed by atoms with E-state index in [-0.39, 0.29) is 12.0 Å². The van der Waals surface area contributed by atoms with Crippen LogP contribution in [0.5, 0.6) is 0 Å². The van der Waals surface area contributed by atoms with Crippen LogP contribution in [0.2, 0.25) is 0 Å². The molecule has 1 amide bonds. The number of amides is 1. The topological polar surface area (TPSA) is 29.1 Å². The van der Waals surface area contributed by atoms with Gasteiger partial charge in [-0.2, -0.15) is 0 Å². The summed E-state index contributed by atoms with van der Waals surface area (Å²) in [5.74, 6) is -1.74. The van der Waals surface area contributed by atoms with Gasteiger partial charge in [0, 0.05) is 12.6 Å². The van der Waals surface area contributed by atoms with Gasteiger partial charge < -0.3 is 5.32 Å². The highest BCUT2D eigenvalue weighted by atomic mass is 19.1. The zero-order valence-electron chi connectivity index (χ0n) is 8.03. The molecule has 76 valence electrons. The standard InChI is InChI=1S/C10H11F2NO/c1-6-3-4-8(11)7(10(6)12)5-9(14)13-2/h3-4H,5H2,1-2H3,(H,13,14). The molecule has 0 atom stereocenters. The van der Waals surface area contributed by atoms with E-state index in [1.165, 1.54) is 20.0 Å². The fraction of sp³-hybridized carbons (Fsp3) is 0.300. The van der Waals surface area contributed by atoms with Crippen LogP contribution in [0.25, 0.3) is 0 Å². The molecular weight excluding hydrogens is 188 g/mol. The molecule has 0 heterocycles. The Morgan fingerprint density at radius 1 is 1.43 bits per heavy atom. The van der Waals surface area contributed by atoms with E-state index in [1.54, 1.807) is 0 Å². The number of hydrogen-bond acceptors (Lipinski definition) is 1. The fourth-order valence-electron chi connectivity index (χ4n) is 1.13. The summed E-state index contributed by atoms with van der Waals surface area (Å²) in [5.41, 5.74) is 0.162. The molecule has 2 nitrogen and oxygen atoms in total. The molecule has 1 N–H and O–H groups in total. The van der Waals surface area contributed by atoms with Crippen LogP contribution < -0.4 is 5.32 Å². The first-order chi connectivity index (χ1) is 6.56. The number of carbonyl (C=O) groups is 1. The number of halogens is 2. The molecule has 0 radical (unpaired) electrons. The van der Waals surface area contributed by atoms with Crippen LogP contribution in [0.3, 0.4) is 0 Å². The van der Waals surface area contributed by atoms with Gasteiger partial charge in [-0.1, -0.05) is 6.07 Å². The van der Waals surface area contributed by atoms with Crippen molar-refractivity contribution in [2.75, 3.05) is 7.05 Å². The number of aryl methyl sites for hydroxylation is 1. The first-order valence-corrected chi connectivity index (χ1v) is 4.20. The van der Waals surface area contributed by atoms with Gasteiger partial charge in [0.15, 0.2) is 0 Å². The van der Waals surface area contributed by atoms with Gasteiger partial charge in [0.05, 0.1) is 6.42 Å². The number of carbonyl (C=O) groups excluding carboxylic acids is 1. The zero-order valence-corrected chi connectivity index (χ0v) is 8.03. The predicted molar refractivity (Wildman–Crippen MR) is 48.9 cm³/mol. The van der Waals surface area contributed by atoms with Crippen molar-refractivity contribution < 1.29 is 13.6 Å². The van der Waals surface area contributed by atoms with Crippen molar-refractivity contribution >= 4 is 5.91 Å². The minimum atomic E-state index is -0.684. The predicted octanol–water partition coefficient (Wildman–Crippen LogP) is 1.56. The lowest BCUT2D eigenvalue weighted by Gasteiger charge is -2.05. The number of benzene rings is 1. The number of rotatable bonds is 2. The maximum Gasteiger partial charge on any atom is 0.224 e. The summed E-state index contributed by atoms with van der Waals surface area (Å²) in [7, 11) is 1.42. The highest BCUT2D eigenvalue weighted by Gasteiger charge is 2.13. The van der Waals surface area contributed by atoms with Gasteiger partial charge in [0.2, 0.25) is 5.91 Å². The summed E-state index contributed by atoms with van der Waals surface area (Å²) in [6.07, 6.45) is -0.268. The third-order valence-corrected chi connectivity index (χ3v) is 2.00. The van der Waals surface area contributed by atoms with Crippen molar-refractivity contribution in [3.05, 3.63) is 34.9 Å². The third kappa shape index (κ3) is 2.07. The van der Waals surface area contributed by atoms with Crippen LogP contribution in [0.4, 0.5) is 8.78 Å². The zero-order chi connectivity index (χ0) is 10.7. The van der Waals surface area contributed by atoms with Crippen LogP contribution in [-0.2, 0) is 11.2 Å². The smallest absolute Gasteiger partial charge is 0.224 e. The van der Waals surface area contributed by atoms with Crippen LogP contribution >= 0.6 is 0 Å². The van der Waals surface area contributed by atoms with E-state index in [9.17, 15) is 13.6 Å². The quantitative estimate of drug-likeness (QED) is 0.769. The average Bonchev–Trinajstić information content (AvgIpc) is 2.18. The number of hydrogen-bond donors (Lipinski definition) is 1. The van der Waals surface area contributed by atoms with E-state index in [1.807, 2.05) is 0 Å². The van der Waals surface area contributed by atoms with Crippen LogP contribution in [0.1, 0.15) is 11.1 Å². The second-order valence-corrected chi connectivity index (χ2v) is 3.01. The fourth-order valence-corrected chi connectivity index (χ4v) is 1.13. The van der Waals surface area contributed by atoms with Crippen LogP contribution in [-0.4, -0.2) is 13.0 Å². The molecule has 4 heteroatoms. The molecule has 0 bridgehead atoms. The molecule has 0 fully saturated rings.